The van der Waals surface area contributed by atoms with Gasteiger partial charge in [-0.1, -0.05) is 34.8 Å². The minimum absolute atomic E-state index is 0.165. The van der Waals surface area contributed by atoms with E-state index in [1.807, 2.05) is 0 Å². The van der Waals surface area contributed by atoms with Crippen molar-refractivity contribution in [2.45, 2.75) is 0 Å². The molecule has 0 aliphatic rings. The Morgan fingerprint density at radius 2 is 1.69 bits per heavy atom. The summed E-state index contributed by atoms with van der Waals surface area (Å²) in [5.74, 6) is -0.165. The fourth-order valence-electron chi connectivity index (χ4n) is 0.900. The summed E-state index contributed by atoms with van der Waals surface area (Å²) < 4.78 is 0. The van der Waals surface area contributed by atoms with Crippen LogP contribution in [-0.4, -0.2) is 12.0 Å². The van der Waals surface area contributed by atoms with Crippen molar-refractivity contribution >= 4 is 52.5 Å². The smallest absolute Gasteiger partial charge is 0.318 e. The summed E-state index contributed by atoms with van der Waals surface area (Å²) in [5.41, 5.74) is 10.6. The first-order valence-electron chi connectivity index (χ1n) is 3.95. The predicted molar refractivity (Wildman–Crippen MR) is 65.5 cm³/mol. The topological polar surface area (TPSA) is 93.5 Å². The molecule has 0 heterocycles. The molecule has 2 amide bonds. The number of rotatable bonds is 1. The van der Waals surface area contributed by atoms with Crippen LogP contribution in [0.3, 0.4) is 0 Å². The van der Waals surface area contributed by atoms with Crippen molar-refractivity contribution < 1.29 is 4.79 Å². The maximum absolute atomic E-state index is 10.5. The van der Waals surface area contributed by atoms with Crippen LogP contribution in [-0.2, 0) is 0 Å². The Balaban J connectivity index is 3.02. The standard InChI is InChI=1S/C8H7Cl3N4O/c9-4-1-3(2-5(10)6(4)11)14-7(12)15-8(13)16/h1-2H,(H5,12,13,14,15,16). The molecule has 0 aliphatic heterocycles. The number of primary amides is 1. The van der Waals surface area contributed by atoms with Crippen molar-refractivity contribution in [1.82, 2.24) is 5.32 Å². The van der Waals surface area contributed by atoms with Crippen LogP contribution in [0.2, 0.25) is 15.1 Å². The van der Waals surface area contributed by atoms with E-state index in [9.17, 15) is 4.79 Å². The van der Waals surface area contributed by atoms with Crippen molar-refractivity contribution in [2.24, 2.45) is 16.5 Å². The van der Waals surface area contributed by atoms with E-state index in [4.69, 9.17) is 46.3 Å². The lowest BCUT2D eigenvalue weighted by Gasteiger charge is -2.03. The Labute approximate surface area is 106 Å². The summed E-state index contributed by atoms with van der Waals surface area (Å²) in [5, 5.41) is 2.79. The van der Waals surface area contributed by atoms with E-state index in [2.05, 4.69) is 10.3 Å². The Morgan fingerprint density at radius 3 is 2.12 bits per heavy atom. The number of guanidine groups is 1. The first-order valence-corrected chi connectivity index (χ1v) is 5.08. The fourth-order valence-corrected chi connectivity index (χ4v) is 1.48. The number of halogens is 3. The number of carbonyl (C=O) groups excluding carboxylic acids is 1. The average Bonchev–Trinajstić information content (AvgIpc) is 2.12. The largest absolute Gasteiger partial charge is 0.369 e. The molecule has 5 nitrogen and oxygen atoms in total. The molecule has 86 valence electrons. The summed E-state index contributed by atoms with van der Waals surface area (Å²) in [7, 11) is 0. The number of hydrogen-bond acceptors (Lipinski definition) is 2. The Kier molecular flexibility index (Phi) is 4.23. The van der Waals surface area contributed by atoms with E-state index in [1.165, 1.54) is 12.1 Å². The van der Waals surface area contributed by atoms with Crippen LogP contribution >= 0.6 is 34.8 Å². The van der Waals surface area contributed by atoms with Crippen LogP contribution in [0.4, 0.5) is 10.5 Å². The summed E-state index contributed by atoms with van der Waals surface area (Å²) in [6.07, 6.45) is 0. The normalized spacial score (nSPS) is 11.3. The molecule has 8 heteroatoms. The van der Waals surface area contributed by atoms with Crippen LogP contribution in [0.1, 0.15) is 0 Å². The van der Waals surface area contributed by atoms with Crippen LogP contribution < -0.4 is 16.8 Å². The van der Waals surface area contributed by atoms with E-state index in [0.29, 0.717) is 5.69 Å². The molecular formula is C8H7Cl3N4O. The number of hydrogen-bond donors (Lipinski definition) is 3. The summed E-state index contributed by atoms with van der Waals surface area (Å²) in [6, 6.07) is 2.09. The Bertz CT molecular complexity index is 438. The van der Waals surface area contributed by atoms with Crippen LogP contribution in [0.15, 0.2) is 17.1 Å². The highest BCUT2D eigenvalue weighted by atomic mass is 35.5. The minimum atomic E-state index is -0.813. The number of benzene rings is 1. The highest BCUT2D eigenvalue weighted by Crippen LogP contribution is 2.34. The van der Waals surface area contributed by atoms with Gasteiger partial charge in [0, 0.05) is 0 Å². The number of urea groups is 1. The molecule has 16 heavy (non-hydrogen) atoms. The highest BCUT2D eigenvalue weighted by molar-refractivity contribution is 6.48. The predicted octanol–water partition coefficient (Wildman–Crippen LogP) is 2.26. The quantitative estimate of drug-likeness (QED) is 0.418. The molecule has 0 unspecified atom stereocenters. The van der Waals surface area contributed by atoms with Gasteiger partial charge >= 0.3 is 6.03 Å². The molecule has 0 atom stereocenters. The van der Waals surface area contributed by atoms with Crippen LogP contribution in [0.5, 0.6) is 0 Å². The van der Waals surface area contributed by atoms with E-state index in [-0.39, 0.29) is 21.0 Å². The van der Waals surface area contributed by atoms with Gasteiger partial charge in [0.2, 0.25) is 5.96 Å². The SMILES string of the molecule is NC(=O)NC(N)=Nc1cc(Cl)c(Cl)c(Cl)c1. The number of aliphatic imine (C=N–C) groups is 1. The zero-order valence-electron chi connectivity index (χ0n) is 7.80. The van der Waals surface area contributed by atoms with Gasteiger partial charge in [0.25, 0.3) is 0 Å². The third-order valence-corrected chi connectivity index (χ3v) is 2.67. The molecule has 0 saturated carbocycles. The van der Waals surface area contributed by atoms with Crippen molar-refractivity contribution in [3.63, 3.8) is 0 Å². The zero-order valence-corrected chi connectivity index (χ0v) is 10.1. The van der Waals surface area contributed by atoms with Gasteiger partial charge in [-0.2, -0.15) is 0 Å². The third-order valence-electron chi connectivity index (χ3n) is 1.47. The molecule has 0 aliphatic carbocycles. The number of carbonyl (C=O) groups is 1. The van der Waals surface area contributed by atoms with E-state index in [0.717, 1.165) is 0 Å². The lowest BCUT2D eigenvalue weighted by atomic mass is 10.3. The number of amides is 2. The van der Waals surface area contributed by atoms with Crippen LogP contribution in [0, 0.1) is 0 Å². The van der Waals surface area contributed by atoms with E-state index >= 15 is 0 Å². The van der Waals surface area contributed by atoms with Crippen LogP contribution in [0.25, 0.3) is 0 Å². The van der Waals surface area contributed by atoms with Crippen molar-refractivity contribution in [3.8, 4) is 0 Å². The summed E-state index contributed by atoms with van der Waals surface area (Å²) >= 11 is 17.3. The zero-order chi connectivity index (χ0) is 12.3. The molecule has 1 rings (SSSR count). The molecule has 5 N–H and O–H groups in total. The fraction of sp³-hybridized carbons (Fsp3) is 0. The number of nitrogens with two attached hydrogens (primary N) is 2. The molecule has 0 saturated heterocycles. The van der Waals surface area contributed by atoms with E-state index in [1.54, 1.807) is 0 Å². The van der Waals surface area contributed by atoms with Crippen molar-refractivity contribution in [2.75, 3.05) is 0 Å². The third kappa shape index (κ3) is 3.44. The Morgan fingerprint density at radius 1 is 1.19 bits per heavy atom. The van der Waals surface area contributed by atoms with Gasteiger partial charge in [-0.15, -0.1) is 0 Å². The molecule has 0 aromatic heterocycles. The lowest BCUT2D eigenvalue weighted by molar-refractivity contribution is 0.253. The van der Waals surface area contributed by atoms with Gasteiger partial charge in [0.1, 0.15) is 0 Å². The van der Waals surface area contributed by atoms with Gasteiger partial charge in [0.05, 0.1) is 20.8 Å². The molecular weight excluding hydrogens is 274 g/mol. The average molecular weight is 282 g/mol. The second kappa shape index (κ2) is 5.25. The van der Waals surface area contributed by atoms with Gasteiger partial charge in [-0.3, -0.25) is 5.32 Å². The maximum Gasteiger partial charge on any atom is 0.318 e. The van der Waals surface area contributed by atoms with Crippen molar-refractivity contribution in [1.29, 1.82) is 0 Å². The van der Waals surface area contributed by atoms with Gasteiger partial charge in [0.15, 0.2) is 0 Å². The maximum atomic E-state index is 10.5. The molecule has 0 spiro atoms. The molecule has 0 fully saturated rings. The summed E-state index contributed by atoms with van der Waals surface area (Å²) in [4.78, 5) is 14.3. The number of nitrogens with zero attached hydrogens (tertiary/aromatic N) is 1. The molecule has 1 aromatic carbocycles. The first kappa shape index (κ1) is 12.9. The lowest BCUT2D eigenvalue weighted by Crippen LogP contribution is -2.39. The highest BCUT2D eigenvalue weighted by Gasteiger charge is 2.06. The monoisotopic (exact) mass is 280 g/mol. The van der Waals surface area contributed by atoms with E-state index < -0.39 is 6.03 Å². The molecule has 0 bridgehead atoms. The molecule has 0 radical (unpaired) electrons. The summed E-state index contributed by atoms with van der Waals surface area (Å²) in [6.45, 7) is 0. The minimum Gasteiger partial charge on any atom is -0.369 e. The van der Waals surface area contributed by atoms with Crippen molar-refractivity contribution in [3.05, 3.63) is 27.2 Å². The van der Waals surface area contributed by atoms with Gasteiger partial charge < -0.3 is 11.5 Å². The second-order valence-corrected chi connectivity index (χ2v) is 3.90. The Hall–Kier alpha value is -1.17. The second-order valence-electron chi connectivity index (χ2n) is 2.71. The van der Waals surface area contributed by atoms with Gasteiger partial charge in [-0.05, 0) is 12.1 Å². The number of nitrogens with one attached hydrogen (secondary N) is 1. The molecule has 1 aromatic rings. The van der Waals surface area contributed by atoms with Gasteiger partial charge in [-0.25, -0.2) is 9.79 Å². The first-order chi connectivity index (χ1) is 7.40.